The van der Waals surface area contributed by atoms with Crippen LogP contribution in [0.5, 0.6) is 0 Å². The number of pyridine rings is 1. The van der Waals surface area contributed by atoms with Crippen LogP contribution in [0.1, 0.15) is 37.6 Å². The standard InChI is InChI=1S/C19H23ClF3N3O4/c1-4-11(3)30-18(28)26-7-6-14(13(10-26)19(21,22)23)25-15-8-16(20)24-9-12(15)17(27)29-5-2/h4,8-9,13-14H,5-7,10H2,1-3H3,(H,24,25)/b11-4+/t13-,14?/m0/s1. The van der Waals surface area contributed by atoms with Gasteiger partial charge in [-0.05, 0) is 39.3 Å². The predicted molar refractivity (Wildman–Crippen MR) is 104 cm³/mol. The second-order valence-corrected chi connectivity index (χ2v) is 7.06. The van der Waals surface area contributed by atoms with Crippen molar-refractivity contribution >= 4 is 29.4 Å². The van der Waals surface area contributed by atoms with Crippen LogP contribution in [0.15, 0.2) is 24.1 Å². The zero-order chi connectivity index (χ0) is 22.5. The Bertz CT molecular complexity index is 817. The molecule has 1 aromatic heterocycles. The summed E-state index contributed by atoms with van der Waals surface area (Å²) >= 11 is 5.87. The van der Waals surface area contributed by atoms with Crippen molar-refractivity contribution in [2.75, 3.05) is 25.0 Å². The summed E-state index contributed by atoms with van der Waals surface area (Å²) in [4.78, 5) is 29.1. The number of anilines is 1. The van der Waals surface area contributed by atoms with Crippen molar-refractivity contribution in [3.63, 3.8) is 0 Å². The third-order valence-electron chi connectivity index (χ3n) is 4.65. The van der Waals surface area contributed by atoms with Crippen LogP contribution in [-0.4, -0.2) is 53.9 Å². The summed E-state index contributed by atoms with van der Waals surface area (Å²) in [5, 5.41) is 2.77. The molecule has 11 heteroatoms. The highest BCUT2D eigenvalue weighted by Crippen LogP contribution is 2.36. The number of esters is 1. The lowest BCUT2D eigenvalue weighted by Gasteiger charge is -2.39. The normalized spacial score (nSPS) is 20.0. The molecule has 1 aromatic rings. The quantitative estimate of drug-likeness (QED) is 0.401. The van der Waals surface area contributed by atoms with E-state index in [9.17, 15) is 22.8 Å². The Morgan fingerprint density at radius 1 is 1.43 bits per heavy atom. The van der Waals surface area contributed by atoms with Crippen molar-refractivity contribution in [3.05, 3.63) is 34.8 Å². The summed E-state index contributed by atoms with van der Waals surface area (Å²) < 4.78 is 51.2. The van der Waals surface area contributed by atoms with E-state index in [4.69, 9.17) is 21.1 Å². The molecule has 1 unspecified atom stereocenters. The fourth-order valence-corrected chi connectivity index (χ4v) is 3.16. The predicted octanol–water partition coefficient (Wildman–Crippen LogP) is 4.64. The van der Waals surface area contributed by atoms with Crippen LogP contribution in [0.25, 0.3) is 0 Å². The number of nitrogens with zero attached hydrogens (tertiary/aromatic N) is 2. The van der Waals surface area contributed by atoms with Crippen molar-refractivity contribution in [2.45, 2.75) is 39.4 Å². The van der Waals surface area contributed by atoms with Crippen molar-refractivity contribution in [2.24, 2.45) is 5.92 Å². The number of alkyl halides is 3. The van der Waals surface area contributed by atoms with Crippen LogP contribution in [-0.2, 0) is 9.47 Å². The zero-order valence-electron chi connectivity index (χ0n) is 16.8. The molecular weight excluding hydrogens is 427 g/mol. The smallest absolute Gasteiger partial charge is 0.414 e. The highest BCUT2D eigenvalue weighted by molar-refractivity contribution is 6.29. The highest BCUT2D eigenvalue weighted by atomic mass is 35.5. The largest absolute Gasteiger partial charge is 0.462 e. The van der Waals surface area contributed by atoms with Gasteiger partial charge in [-0.1, -0.05) is 11.6 Å². The van der Waals surface area contributed by atoms with Crippen LogP contribution >= 0.6 is 11.6 Å². The molecule has 1 aliphatic heterocycles. The van der Waals surface area contributed by atoms with Gasteiger partial charge >= 0.3 is 18.2 Å². The monoisotopic (exact) mass is 449 g/mol. The van der Waals surface area contributed by atoms with E-state index >= 15 is 0 Å². The molecule has 1 fully saturated rings. The van der Waals surface area contributed by atoms with Gasteiger partial charge in [0.25, 0.3) is 0 Å². The number of amides is 1. The number of piperidine rings is 1. The lowest BCUT2D eigenvalue weighted by atomic mass is 9.91. The van der Waals surface area contributed by atoms with Crippen LogP contribution in [0, 0.1) is 5.92 Å². The second kappa shape index (κ2) is 10.0. The Morgan fingerprint density at radius 2 is 2.13 bits per heavy atom. The number of carbonyl (C=O) groups excluding carboxylic acids is 2. The number of rotatable bonds is 5. The third-order valence-corrected chi connectivity index (χ3v) is 4.86. The van der Waals surface area contributed by atoms with Gasteiger partial charge in [-0.2, -0.15) is 13.2 Å². The summed E-state index contributed by atoms with van der Waals surface area (Å²) in [7, 11) is 0. The minimum atomic E-state index is -4.59. The number of hydrogen-bond donors (Lipinski definition) is 1. The summed E-state index contributed by atoms with van der Waals surface area (Å²) in [6.07, 6.45) is -2.75. The SMILES string of the molecule is C/C=C(\C)OC(=O)N1CCC(Nc2cc(Cl)ncc2C(=O)OCC)[C@@H](C(F)(F)F)C1. The Kier molecular flexibility index (Phi) is 7.94. The lowest BCUT2D eigenvalue weighted by molar-refractivity contribution is -0.187. The van der Waals surface area contributed by atoms with E-state index in [1.807, 2.05) is 0 Å². The number of likely N-dealkylation sites (tertiary alicyclic amines) is 1. The number of halogens is 4. The summed E-state index contributed by atoms with van der Waals surface area (Å²) in [5.41, 5.74) is 0.0706. The lowest BCUT2D eigenvalue weighted by Crippen LogP contribution is -2.53. The number of carbonyl (C=O) groups is 2. The summed E-state index contributed by atoms with van der Waals surface area (Å²) in [5.74, 6) is -2.31. The molecule has 0 aromatic carbocycles. The number of ether oxygens (including phenoxy) is 2. The maximum atomic E-state index is 13.8. The first-order valence-corrected chi connectivity index (χ1v) is 9.70. The first-order chi connectivity index (χ1) is 14.1. The molecule has 2 rings (SSSR count). The fraction of sp³-hybridized carbons (Fsp3) is 0.526. The molecule has 7 nitrogen and oxygen atoms in total. The molecule has 2 atom stereocenters. The van der Waals surface area contributed by atoms with Gasteiger partial charge in [0.2, 0.25) is 0 Å². The topological polar surface area (TPSA) is 80.8 Å². The molecule has 30 heavy (non-hydrogen) atoms. The van der Waals surface area contributed by atoms with Crippen molar-refractivity contribution in [3.8, 4) is 0 Å². The fourth-order valence-electron chi connectivity index (χ4n) is 3.00. The van der Waals surface area contributed by atoms with Gasteiger partial charge < -0.3 is 19.7 Å². The van der Waals surface area contributed by atoms with Crippen molar-refractivity contribution in [1.82, 2.24) is 9.88 Å². The van der Waals surface area contributed by atoms with E-state index in [0.717, 1.165) is 11.1 Å². The average Bonchev–Trinajstić information content (AvgIpc) is 2.67. The van der Waals surface area contributed by atoms with Gasteiger partial charge in [0.05, 0.1) is 18.2 Å². The number of allylic oxidation sites excluding steroid dienone is 2. The molecule has 1 amide bonds. The van der Waals surface area contributed by atoms with E-state index in [0.29, 0.717) is 5.76 Å². The Morgan fingerprint density at radius 3 is 2.73 bits per heavy atom. The van der Waals surface area contributed by atoms with Crippen LogP contribution in [0.2, 0.25) is 5.15 Å². The van der Waals surface area contributed by atoms with Gasteiger partial charge in [-0.15, -0.1) is 0 Å². The average molecular weight is 450 g/mol. The van der Waals surface area contributed by atoms with Crippen LogP contribution in [0.4, 0.5) is 23.7 Å². The van der Waals surface area contributed by atoms with E-state index in [1.54, 1.807) is 13.8 Å². The summed E-state index contributed by atoms with van der Waals surface area (Å²) in [6.45, 7) is 4.37. The Hall–Kier alpha value is -2.49. The molecule has 1 N–H and O–H groups in total. The molecule has 0 radical (unpaired) electrons. The molecule has 0 aliphatic carbocycles. The molecule has 166 valence electrons. The number of aromatic nitrogens is 1. The molecule has 0 saturated carbocycles. The van der Waals surface area contributed by atoms with Gasteiger partial charge in [0.1, 0.15) is 16.5 Å². The molecule has 0 spiro atoms. The van der Waals surface area contributed by atoms with Crippen LogP contribution in [0.3, 0.4) is 0 Å². The first kappa shape index (κ1) is 23.8. The number of hydrogen-bond acceptors (Lipinski definition) is 6. The van der Waals surface area contributed by atoms with Crippen molar-refractivity contribution in [1.29, 1.82) is 0 Å². The van der Waals surface area contributed by atoms with E-state index in [2.05, 4.69) is 10.3 Å². The highest BCUT2D eigenvalue weighted by Gasteiger charge is 2.49. The molecule has 1 saturated heterocycles. The third kappa shape index (κ3) is 6.01. The molecule has 1 aliphatic rings. The number of nitrogens with one attached hydrogen (secondary N) is 1. The van der Waals surface area contributed by atoms with E-state index < -0.39 is 36.7 Å². The second-order valence-electron chi connectivity index (χ2n) is 6.67. The van der Waals surface area contributed by atoms with Crippen LogP contribution < -0.4 is 5.32 Å². The zero-order valence-corrected chi connectivity index (χ0v) is 17.5. The van der Waals surface area contributed by atoms with Gasteiger partial charge in [-0.3, -0.25) is 0 Å². The maximum absolute atomic E-state index is 13.8. The van der Waals surface area contributed by atoms with E-state index in [-0.39, 0.29) is 36.0 Å². The minimum Gasteiger partial charge on any atom is -0.462 e. The maximum Gasteiger partial charge on any atom is 0.414 e. The Balaban J connectivity index is 2.25. The van der Waals surface area contributed by atoms with E-state index in [1.165, 1.54) is 19.1 Å². The Labute approximate surface area is 177 Å². The molecule has 0 bridgehead atoms. The first-order valence-electron chi connectivity index (χ1n) is 9.32. The summed E-state index contributed by atoms with van der Waals surface area (Å²) in [6, 6.07) is 0.181. The van der Waals surface area contributed by atoms with Gasteiger partial charge in [-0.25, -0.2) is 14.6 Å². The molecule has 2 heterocycles. The van der Waals surface area contributed by atoms with Gasteiger partial charge in [0, 0.05) is 25.3 Å². The van der Waals surface area contributed by atoms with Gasteiger partial charge in [0.15, 0.2) is 0 Å². The molecular formula is C19H23ClF3N3O4. The minimum absolute atomic E-state index is 0.0111. The van der Waals surface area contributed by atoms with Crippen molar-refractivity contribution < 1.29 is 32.2 Å².